The largest absolute Gasteiger partial charge is 0.367 e. The molecule has 0 saturated carbocycles. The summed E-state index contributed by atoms with van der Waals surface area (Å²) in [5.41, 5.74) is 0.656. The van der Waals surface area contributed by atoms with Crippen LogP contribution in [0.3, 0.4) is 0 Å². The van der Waals surface area contributed by atoms with Crippen molar-refractivity contribution in [2.45, 2.75) is 39.7 Å². The van der Waals surface area contributed by atoms with Crippen molar-refractivity contribution in [3.05, 3.63) is 30.1 Å². The van der Waals surface area contributed by atoms with E-state index in [2.05, 4.69) is 35.9 Å². The second-order valence-electron chi connectivity index (χ2n) is 7.15. The van der Waals surface area contributed by atoms with Gasteiger partial charge in [0.25, 0.3) is 0 Å². The zero-order chi connectivity index (χ0) is 17.5. The van der Waals surface area contributed by atoms with Gasteiger partial charge in [-0.2, -0.15) is 0 Å². The van der Waals surface area contributed by atoms with E-state index in [9.17, 15) is 9.18 Å². The van der Waals surface area contributed by atoms with Crippen LogP contribution in [0.15, 0.2) is 24.3 Å². The average Bonchev–Trinajstić information content (AvgIpc) is 2.54. The van der Waals surface area contributed by atoms with Gasteiger partial charge in [0, 0.05) is 32.2 Å². The van der Waals surface area contributed by atoms with Crippen molar-refractivity contribution in [1.82, 2.24) is 10.2 Å². The molecule has 1 fully saturated rings. The number of hydrogen-bond donors (Lipinski definition) is 1. The zero-order valence-electron chi connectivity index (χ0n) is 15.1. The van der Waals surface area contributed by atoms with Gasteiger partial charge in [-0.1, -0.05) is 26.0 Å². The number of benzene rings is 1. The summed E-state index contributed by atoms with van der Waals surface area (Å²) >= 11 is 0. The second-order valence-corrected chi connectivity index (χ2v) is 7.15. The van der Waals surface area contributed by atoms with E-state index in [1.165, 1.54) is 6.07 Å². The molecule has 2 rings (SSSR count). The fraction of sp³-hybridized carbons (Fsp3) is 0.632. The van der Waals surface area contributed by atoms with Gasteiger partial charge >= 0.3 is 0 Å². The van der Waals surface area contributed by atoms with Crippen molar-refractivity contribution in [1.29, 1.82) is 0 Å². The Kier molecular flexibility index (Phi) is 7.03. The highest BCUT2D eigenvalue weighted by atomic mass is 19.1. The third kappa shape index (κ3) is 5.78. The van der Waals surface area contributed by atoms with Crippen molar-refractivity contribution in [3.8, 4) is 0 Å². The van der Waals surface area contributed by atoms with Crippen molar-refractivity contribution in [3.63, 3.8) is 0 Å². The Bertz CT molecular complexity index is 527. The second kappa shape index (κ2) is 9.02. The van der Waals surface area contributed by atoms with Gasteiger partial charge in [0.15, 0.2) is 0 Å². The van der Waals surface area contributed by atoms with E-state index < -0.39 is 0 Å². The normalized spacial score (nSPS) is 17.1. The number of nitrogens with one attached hydrogen (secondary N) is 1. The molecule has 24 heavy (non-hydrogen) atoms. The lowest BCUT2D eigenvalue weighted by Crippen LogP contribution is -2.50. The summed E-state index contributed by atoms with van der Waals surface area (Å²) in [6.07, 6.45) is 2.15. The van der Waals surface area contributed by atoms with Crippen LogP contribution in [0, 0.1) is 11.7 Å². The monoisotopic (exact) mass is 335 g/mol. The summed E-state index contributed by atoms with van der Waals surface area (Å²) < 4.78 is 13.8. The molecule has 1 N–H and O–H groups in total. The van der Waals surface area contributed by atoms with Gasteiger partial charge in [0.1, 0.15) is 5.82 Å². The number of amides is 1. The van der Waals surface area contributed by atoms with Crippen LogP contribution in [0.25, 0.3) is 0 Å². The molecule has 1 amide bonds. The molecule has 1 aliphatic heterocycles. The summed E-state index contributed by atoms with van der Waals surface area (Å²) in [5.74, 6) is 0.573. The fourth-order valence-corrected chi connectivity index (χ4v) is 3.03. The molecule has 1 aromatic rings. The predicted molar refractivity (Wildman–Crippen MR) is 96.7 cm³/mol. The zero-order valence-corrected chi connectivity index (χ0v) is 15.1. The van der Waals surface area contributed by atoms with Crippen molar-refractivity contribution < 1.29 is 9.18 Å². The lowest BCUT2D eigenvalue weighted by atomic mass is 10.0. The van der Waals surface area contributed by atoms with Crippen LogP contribution in [0.5, 0.6) is 0 Å². The Morgan fingerprint density at radius 2 is 1.79 bits per heavy atom. The molecule has 1 saturated heterocycles. The SMILES string of the molecule is CC(C)CC[C@H](C)NC(=O)CN1CCN(c2ccccc2F)CC1. The Morgan fingerprint density at radius 1 is 1.12 bits per heavy atom. The smallest absolute Gasteiger partial charge is 0.234 e. The first-order valence-corrected chi connectivity index (χ1v) is 8.97. The maximum Gasteiger partial charge on any atom is 0.234 e. The first kappa shape index (κ1) is 18.7. The van der Waals surface area contributed by atoms with Gasteiger partial charge < -0.3 is 10.2 Å². The van der Waals surface area contributed by atoms with Crippen molar-refractivity contribution in [2.75, 3.05) is 37.6 Å². The molecule has 0 bridgehead atoms. The van der Waals surface area contributed by atoms with Crippen LogP contribution >= 0.6 is 0 Å². The molecule has 1 atom stereocenters. The Balaban J connectivity index is 1.73. The molecule has 0 spiro atoms. The lowest BCUT2D eigenvalue weighted by molar-refractivity contribution is -0.123. The van der Waals surface area contributed by atoms with Gasteiger partial charge in [-0.25, -0.2) is 4.39 Å². The Morgan fingerprint density at radius 3 is 2.42 bits per heavy atom. The molecular weight excluding hydrogens is 305 g/mol. The minimum atomic E-state index is -0.178. The molecular formula is C19H30FN3O. The summed E-state index contributed by atoms with van der Waals surface area (Å²) in [6.45, 7) is 9.94. The van der Waals surface area contributed by atoms with Crippen LogP contribution in [0.2, 0.25) is 0 Å². The van der Waals surface area contributed by atoms with Gasteiger partial charge in [0.2, 0.25) is 5.91 Å². The third-order valence-electron chi connectivity index (χ3n) is 4.52. The van der Waals surface area contributed by atoms with Crippen LogP contribution < -0.4 is 10.2 Å². The predicted octanol–water partition coefficient (Wildman–Crippen LogP) is 2.89. The molecule has 5 heteroatoms. The average molecular weight is 335 g/mol. The number of piperazine rings is 1. The number of hydrogen-bond acceptors (Lipinski definition) is 3. The summed E-state index contributed by atoms with van der Waals surface area (Å²) in [5, 5.41) is 3.08. The fourth-order valence-electron chi connectivity index (χ4n) is 3.03. The van der Waals surface area contributed by atoms with Gasteiger partial charge in [0.05, 0.1) is 12.2 Å². The first-order chi connectivity index (χ1) is 11.5. The van der Waals surface area contributed by atoms with Gasteiger partial charge in [-0.15, -0.1) is 0 Å². The highest BCUT2D eigenvalue weighted by Gasteiger charge is 2.21. The van der Waals surface area contributed by atoms with E-state index in [1.807, 2.05) is 12.1 Å². The Hall–Kier alpha value is -1.62. The molecule has 0 unspecified atom stereocenters. The van der Waals surface area contributed by atoms with E-state index in [0.717, 1.165) is 39.0 Å². The molecule has 1 aliphatic rings. The maximum absolute atomic E-state index is 13.8. The minimum Gasteiger partial charge on any atom is -0.367 e. The number of carbonyl (C=O) groups is 1. The lowest BCUT2D eigenvalue weighted by Gasteiger charge is -2.36. The standard InChI is InChI=1S/C19H30FN3O/c1-15(2)8-9-16(3)21-19(24)14-22-10-12-23(13-11-22)18-7-5-4-6-17(18)20/h4-7,15-16H,8-14H2,1-3H3,(H,21,24)/t16-/m0/s1. The van der Waals surface area contributed by atoms with Gasteiger partial charge in [-0.05, 0) is 37.8 Å². The van der Waals surface area contributed by atoms with Crippen molar-refractivity contribution >= 4 is 11.6 Å². The molecule has 1 aromatic carbocycles. The Labute approximate surface area is 145 Å². The number of halogens is 1. The first-order valence-electron chi connectivity index (χ1n) is 8.97. The number of nitrogens with zero attached hydrogens (tertiary/aromatic N) is 2. The molecule has 4 nitrogen and oxygen atoms in total. The molecule has 134 valence electrons. The molecule has 1 heterocycles. The van der Waals surface area contributed by atoms with Crippen LogP contribution in [0.1, 0.15) is 33.6 Å². The number of para-hydroxylation sites is 1. The number of carbonyl (C=O) groups excluding carboxylic acids is 1. The highest BCUT2D eigenvalue weighted by Crippen LogP contribution is 2.20. The topological polar surface area (TPSA) is 35.6 Å². The van der Waals surface area contributed by atoms with E-state index in [-0.39, 0.29) is 17.8 Å². The van der Waals surface area contributed by atoms with E-state index >= 15 is 0 Å². The molecule has 0 aromatic heterocycles. The molecule has 0 radical (unpaired) electrons. The third-order valence-corrected chi connectivity index (χ3v) is 4.52. The quantitative estimate of drug-likeness (QED) is 0.832. The van der Waals surface area contributed by atoms with Crippen LogP contribution in [-0.2, 0) is 4.79 Å². The minimum absolute atomic E-state index is 0.0885. The summed E-state index contributed by atoms with van der Waals surface area (Å²) in [4.78, 5) is 16.3. The van der Waals surface area contributed by atoms with E-state index in [1.54, 1.807) is 6.07 Å². The summed E-state index contributed by atoms with van der Waals surface area (Å²) in [6, 6.07) is 7.10. The number of rotatable bonds is 7. The highest BCUT2D eigenvalue weighted by molar-refractivity contribution is 5.78. The van der Waals surface area contributed by atoms with Crippen molar-refractivity contribution in [2.24, 2.45) is 5.92 Å². The molecule has 0 aliphatic carbocycles. The van der Waals surface area contributed by atoms with Crippen LogP contribution in [0.4, 0.5) is 10.1 Å². The van der Waals surface area contributed by atoms with Gasteiger partial charge in [-0.3, -0.25) is 9.69 Å². The summed E-state index contributed by atoms with van der Waals surface area (Å²) in [7, 11) is 0. The maximum atomic E-state index is 13.8. The van der Waals surface area contributed by atoms with E-state index in [0.29, 0.717) is 18.2 Å². The van der Waals surface area contributed by atoms with E-state index in [4.69, 9.17) is 0 Å². The van der Waals surface area contributed by atoms with Crippen LogP contribution in [-0.4, -0.2) is 49.6 Å². The number of anilines is 1.